The second-order valence-electron chi connectivity index (χ2n) is 5.47. The van der Waals surface area contributed by atoms with Gasteiger partial charge in [-0.25, -0.2) is 0 Å². The van der Waals surface area contributed by atoms with Crippen LogP contribution >= 0.6 is 11.8 Å². The van der Waals surface area contributed by atoms with Gasteiger partial charge in [-0.1, -0.05) is 12.1 Å². The van der Waals surface area contributed by atoms with Crippen LogP contribution in [0.25, 0.3) is 6.08 Å². The molecule has 7 heteroatoms. The summed E-state index contributed by atoms with van der Waals surface area (Å²) in [4.78, 5) is 25.7. The minimum absolute atomic E-state index is 0.135. The van der Waals surface area contributed by atoms with Gasteiger partial charge in [-0.2, -0.15) is 0 Å². The van der Waals surface area contributed by atoms with Crippen molar-refractivity contribution in [3.63, 3.8) is 0 Å². The highest BCUT2D eigenvalue weighted by molar-refractivity contribution is 8.18. The Morgan fingerprint density at radius 3 is 2.91 bits per heavy atom. The van der Waals surface area contributed by atoms with Crippen LogP contribution in [-0.4, -0.2) is 36.9 Å². The van der Waals surface area contributed by atoms with Crippen molar-refractivity contribution >= 4 is 34.7 Å². The number of hydrogen-bond donors (Lipinski definition) is 2. The predicted octanol–water partition coefficient (Wildman–Crippen LogP) is 1.95. The third-order valence-electron chi connectivity index (χ3n) is 3.80. The number of thioether (sulfide) groups is 1. The zero-order valence-electron chi connectivity index (χ0n) is 12.9. The third kappa shape index (κ3) is 3.35. The second-order valence-corrected chi connectivity index (χ2v) is 6.49. The van der Waals surface area contributed by atoms with Crippen molar-refractivity contribution in [3.8, 4) is 5.75 Å². The molecule has 0 aromatic heterocycles. The molecule has 122 valence electrons. The molecule has 1 aromatic rings. The van der Waals surface area contributed by atoms with E-state index in [-0.39, 0.29) is 17.2 Å². The Morgan fingerprint density at radius 2 is 2.30 bits per heavy atom. The van der Waals surface area contributed by atoms with Gasteiger partial charge in [0.2, 0.25) is 0 Å². The van der Waals surface area contributed by atoms with Crippen LogP contribution in [0.4, 0.5) is 10.5 Å². The first kappa shape index (κ1) is 15.9. The van der Waals surface area contributed by atoms with Gasteiger partial charge in [-0.05, 0) is 37.2 Å². The number of carbonyl (C=O) groups excluding carboxylic acids is 2. The molecule has 0 radical (unpaired) electrons. The van der Waals surface area contributed by atoms with Gasteiger partial charge in [-0.15, -0.1) is 0 Å². The zero-order valence-corrected chi connectivity index (χ0v) is 13.7. The van der Waals surface area contributed by atoms with Crippen LogP contribution in [0.5, 0.6) is 5.75 Å². The van der Waals surface area contributed by atoms with Crippen molar-refractivity contribution in [3.05, 3.63) is 28.7 Å². The number of ether oxygens (including phenoxy) is 1. The number of imide groups is 1. The van der Waals surface area contributed by atoms with Crippen LogP contribution < -0.4 is 20.7 Å². The fraction of sp³-hybridized carbons (Fsp3) is 0.375. The van der Waals surface area contributed by atoms with Gasteiger partial charge in [0.1, 0.15) is 5.75 Å². The molecule has 3 N–H and O–H groups in total. The van der Waals surface area contributed by atoms with Gasteiger partial charge in [0.25, 0.3) is 11.1 Å². The number of anilines is 1. The van der Waals surface area contributed by atoms with Gasteiger partial charge in [0, 0.05) is 24.7 Å². The summed E-state index contributed by atoms with van der Waals surface area (Å²) in [6, 6.07) is 5.86. The molecule has 2 aliphatic heterocycles. The fourth-order valence-electron chi connectivity index (χ4n) is 2.82. The molecule has 6 nitrogen and oxygen atoms in total. The Hall–Kier alpha value is -1.99. The lowest BCUT2D eigenvalue weighted by Crippen LogP contribution is -2.27. The zero-order chi connectivity index (χ0) is 16.4. The molecular formula is C16H19N3O3S. The molecule has 23 heavy (non-hydrogen) atoms. The van der Waals surface area contributed by atoms with E-state index in [1.807, 2.05) is 25.1 Å². The molecule has 1 atom stereocenters. The number of nitrogens with two attached hydrogens (primary N) is 1. The normalized spacial score (nSPS) is 22.8. The van der Waals surface area contributed by atoms with Gasteiger partial charge in [0.05, 0.1) is 17.2 Å². The number of benzene rings is 1. The maximum Gasteiger partial charge on any atom is 0.290 e. The number of rotatable bonds is 4. The number of nitrogens with zero attached hydrogens (tertiary/aromatic N) is 1. The summed E-state index contributed by atoms with van der Waals surface area (Å²) in [7, 11) is 0. The highest BCUT2D eigenvalue weighted by atomic mass is 32.2. The molecule has 2 aliphatic rings. The molecule has 2 saturated heterocycles. The standard InChI is InChI=1S/C16H19N3O3S/c1-2-22-12-5-3-4-10(8-13-15(20)18-16(21)23-13)14(12)19-7-6-11(17)9-19/h3-5,8,11H,2,6-7,9,17H2,1H3,(H,18,20,21). The van der Waals surface area contributed by atoms with E-state index >= 15 is 0 Å². The van der Waals surface area contributed by atoms with Crippen LogP contribution in [-0.2, 0) is 4.79 Å². The van der Waals surface area contributed by atoms with Crippen LogP contribution in [0, 0.1) is 0 Å². The monoisotopic (exact) mass is 333 g/mol. The molecule has 0 bridgehead atoms. The summed E-state index contributed by atoms with van der Waals surface area (Å²) in [5.74, 6) is 0.413. The Morgan fingerprint density at radius 1 is 1.48 bits per heavy atom. The van der Waals surface area contributed by atoms with E-state index in [0.29, 0.717) is 11.5 Å². The van der Waals surface area contributed by atoms with Crippen molar-refractivity contribution in [1.29, 1.82) is 0 Å². The minimum Gasteiger partial charge on any atom is -0.492 e. The number of hydrogen-bond acceptors (Lipinski definition) is 6. The summed E-state index contributed by atoms with van der Waals surface area (Å²) in [5, 5.41) is 1.93. The van der Waals surface area contributed by atoms with E-state index in [9.17, 15) is 9.59 Å². The molecule has 0 spiro atoms. The molecule has 0 saturated carbocycles. The Bertz CT molecular complexity index is 675. The molecule has 2 heterocycles. The van der Waals surface area contributed by atoms with E-state index in [2.05, 4.69) is 10.2 Å². The summed E-state index contributed by atoms with van der Waals surface area (Å²) < 4.78 is 5.75. The minimum atomic E-state index is -0.356. The third-order valence-corrected chi connectivity index (χ3v) is 4.61. The summed E-state index contributed by atoms with van der Waals surface area (Å²) >= 11 is 0.917. The quantitative estimate of drug-likeness (QED) is 0.819. The van der Waals surface area contributed by atoms with Crippen LogP contribution in [0.15, 0.2) is 23.1 Å². The first-order valence-corrected chi connectivity index (χ1v) is 8.41. The van der Waals surface area contributed by atoms with E-state index in [1.165, 1.54) is 0 Å². The average Bonchev–Trinajstić information content (AvgIpc) is 3.06. The van der Waals surface area contributed by atoms with Crippen molar-refractivity contribution in [2.45, 2.75) is 19.4 Å². The Labute approximate surface area is 139 Å². The summed E-state index contributed by atoms with van der Waals surface area (Å²) in [5.41, 5.74) is 7.82. The molecule has 1 unspecified atom stereocenters. The summed E-state index contributed by atoms with van der Waals surface area (Å²) in [6.45, 7) is 4.09. The Kier molecular flexibility index (Phi) is 4.58. The lowest BCUT2D eigenvalue weighted by atomic mass is 10.1. The fourth-order valence-corrected chi connectivity index (χ4v) is 3.49. The first-order chi connectivity index (χ1) is 11.1. The maximum atomic E-state index is 11.8. The SMILES string of the molecule is CCOc1cccc(C=C2SC(=O)NC2=O)c1N1CCC(N)C1. The topological polar surface area (TPSA) is 84.7 Å². The Balaban J connectivity index is 2.02. The van der Waals surface area contributed by atoms with Gasteiger partial charge in [0.15, 0.2) is 0 Å². The summed E-state index contributed by atoms with van der Waals surface area (Å²) in [6.07, 6.45) is 2.66. The molecule has 2 fully saturated rings. The lowest BCUT2D eigenvalue weighted by Gasteiger charge is -2.24. The van der Waals surface area contributed by atoms with Gasteiger partial charge < -0.3 is 15.4 Å². The molecule has 1 aromatic carbocycles. The van der Waals surface area contributed by atoms with Gasteiger partial charge in [-0.3, -0.25) is 14.9 Å². The maximum absolute atomic E-state index is 11.8. The predicted molar refractivity (Wildman–Crippen MR) is 91.5 cm³/mol. The van der Waals surface area contributed by atoms with Crippen molar-refractivity contribution in [1.82, 2.24) is 5.32 Å². The number of para-hydroxylation sites is 1. The number of amides is 2. The molecular weight excluding hydrogens is 314 g/mol. The smallest absolute Gasteiger partial charge is 0.290 e. The highest BCUT2D eigenvalue weighted by Gasteiger charge is 2.28. The molecule has 0 aliphatic carbocycles. The van der Waals surface area contributed by atoms with E-state index in [1.54, 1.807) is 6.08 Å². The molecule has 3 rings (SSSR count). The van der Waals surface area contributed by atoms with Crippen molar-refractivity contribution in [2.75, 3.05) is 24.6 Å². The van der Waals surface area contributed by atoms with E-state index in [0.717, 1.165) is 48.3 Å². The van der Waals surface area contributed by atoms with Crippen LogP contribution in [0.2, 0.25) is 0 Å². The van der Waals surface area contributed by atoms with E-state index < -0.39 is 0 Å². The van der Waals surface area contributed by atoms with E-state index in [4.69, 9.17) is 10.5 Å². The largest absolute Gasteiger partial charge is 0.492 e. The van der Waals surface area contributed by atoms with Gasteiger partial charge >= 0.3 is 0 Å². The first-order valence-electron chi connectivity index (χ1n) is 7.59. The number of carbonyl (C=O) groups is 2. The van der Waals surface area contributed by atoms with Crippen LogP contribution in [0.1, 0.15) is 18.9 Å². The highest BCUT2D eigenvalue weighted by Crippen LogP contribution is 2.37. The lowest BCUT2D eigenvalue weighted by molar-refractivity contribution is -0.115. The molecule has 2 amide bonds. The second kappa shape index (κ2) is 6.64. The number of nitrogens with one attached hydrogen (secondary N) is 1. The van der Waals surface area contributed by atoms with Crippen LogP contribution in [0.3, 0.4) is 0 Å². The average molecular weight is 333 g/mol. The van der Waals surface area contributed by atoms with Crippen molar-refractivity contribution in [2.24, 2.45) is 5.73 Å². The van der Waals surface area contributed by atoms with Crippen molar-refractivity contribution < 1.29 is 14.3 Å².